The van der Waals surface area contributed by atoms with Gasteiger partial charge >= 0.3 is 12.1 Å². The van der Waals surface area contributed by atoms with Crippen molar-refractivity contribution in [2.75, 3.05) is 13.7 Å². The average Bonchev–Trinajstić information content (AvgIpc) is 3.16. The van der Waals surface area contributed by atoms with E-state index < -0.39 is 29.8 Å². The molecule has 1 aliphatic heterocycles. The highest BCUT2D eigenvalue weighted by molar-refractivity contribution is 9.10. The predicted molar refractivity (Wildman–Crippen MR) is 125 cm³/mol. The van der Waals surface area contributed by atoms with E-state index in [9.17, 15) is 9.59 Å². The number of carbonyl (C=O) groups excluding carboxylic acids is 2. The van der Waals surface area contributed by atoms with Crippen LogP contribution in [0.1, 0.15) is 27.2 Å². The van der Waals surface area contributed by atoms with Crippen LogP contribution >= 0.6 is 15.9 Å². The van der Waals surface area contributed by atoms with Gasteiger partial charge in [-0.3, -0.25) is 4.90 Å². The average molecular weight is 501 g/mol. The summed E-state index contributed by atoms with van der Waals surface area (Å²) in [7, 11) is 1.31. The number of likely N-dealkylation sites (tertiary alicyclic amines) is 1. The van der Waals surface area contributed by atoms with Crippen molar-refractivity contribution in [1.29, 1.82) is 0 Å². The number of esters is 1. The van der Waals surface area contributed by atoms with Gasteiger partial charge in [0.1, 0.15) is 17.7 Å². The van der Waals surface area contributed by atoms with Gasteiger partial charge in [0.25, 0.3) is 0 Å². The zero-order chi connectivity index (χ0) is 23.0. The third kappa shape index (κ3) is 4.50. The maximum atomic E-state index is 12.7. The van der Waals surface area contributed by atoms with Crippen molar-refractivity contribution < 1.29 is 23.8 Å². The molecule has 0 unspecified atom stereocenters. The van der Waals surface area contributed by atoms with Gasteiger partial charge in [0.2, 0.25) is 5.88 Å². The van der Waals surface area contributed by atoms with Gasteiger partial charge in [-0.25, -0.2) is 14.6 Å². The number of nitrogens with zero attached hydrogens (tertiary/aromatic N) is 2. The number of pyridine rings is 1. The maximum Gasteiger partial charge on any atom is 0.411 e. The fourth-order valence-corrected chi connectivity index (χ4v) is 4.27. The van der Waals surface area contributed by atoms with Gasteiger partial charge in [-0.15, -0.1) is 0 Å². The van der Waals surface area contributed by atoms with Crippen molar-refractivity contribution in [3.63, 3.8) is 0 Å². The Hall–Kier alpha value is -2.87. The second-order valence-corrected chi connectivity index (χ2v) is 9.69. The molecule has 1 fully saturated rings. The Morgan fingerprint density at radius 3 is 2.56 bits per heavy atom. The standard InChI is InChI=1S/C24H25BrN2O5/c1-24(2,3)32-23(29)27-13-15(12-20(27)22(28)30-4)31-21-18-11-14(25)9-10-16(18)17-7-5-6-8-19(17)26-21/h5-11,15,20H,12-13H2,1-4H3/t15-,20+/m1/s1. The molecular formula is C24H25BrN2O5. The van der Waals surface area contributed by atoms with Crippen LogP contribution in [-0.4, -0.2) is 53.3 Å². The molecule has 7 nitrogen and oxygen atoms in total. The minimum atomic E-state index is -0.779. The summed E-state index contributed by atoms with van der Waals surface area (Å²) in [5.41, 5.74) is 0.128. The Labute approximate surface area is 194 Å². The monoisotopic (exact) mass is 500 g/mol. The normalized spacial score (nSPS) is 18.7. The molecule has 0 bridgehead atoms. The maximum absolute atomic E-state index is 12.7. The van der Waals surface area contributed by atoms with Crippen LogP contribution in [0.15, 0.2) is 46.9 Å². The number of halogens is 1. The molecule has 32 heavy (non-hydrogen) atoms. The van der Waals surface area contributed by atoms with Crippen LogP contribution in [0.5, 0.6) is 5.88 Å². The third-order valence-electron chi connectivity index (χ3n) is 5.27. The lowest BCUT2D eigenvalue weighted by molar-refractivity contribution is -0.145. The van der Waals surface area contributed by atoms with E-state index in [0.717, 1.165) is 26.1 Å². The largest absolute Gasteiger partial charge is 0.472 e. The zero-order valence-electron chi connectivity index (χ0n) is 18.4. The molecule has 1 saturated heterocycles. The Balaban J connectivity index is 1.68. The third-order valence-corrected chi connectivity index (χ3v) is 5.76. The van der Waals surface area contributed by atoms with E-state index in [1.807, 2.05) is 42.5 Å². The fourth-order valence-electron chi connectivity index (χ4n) is 3.91. The van der Waals surface area contributed by atoms with E-state index in [1.54, 1.807) is 20.8 Å². The lowest BCUT2D eigenvalue weighted by atomic mass is 10.1. The fraction of sp³-hybridized carbons (Fsp3) is 0.375. The van der Waals surface area contributed by atoms with Crippen molar-refractivity contribution in [1.82, 2.24) is 9.88 Å². The van der Waals surface area contributed by atoms with Crippen molar-refractivity contribution in [3.8, 4) is 5.88 Å². The van der Waals surface area contributed by atoms with Crippen LogP contribution in [0.25, 0.3) is 21.7 Å². The van der Waals surface area contributed by atoms with Crippen molar-refractivity contribution in [3.05, 3.63) is 46.9 Å². The van der Waals surface area contributed by atoms with E-state index in [0.29, 0.717) is 5.88 Å². The van der Waals surface area contributed by atoms with E-state index in [2.05, 4.69) is 15.9 Å². The first-order valence-electron chi connectivity index (χ1n) is 10.4. The summed E-state index contributed by atoms with van der Waals surface area (Å²) in [6.07, 6.45) is -0.726. The molecule has 0 radical (unpaired) electrons. The molecule has 2 atom stereocenters. The quantitative estimate of drug-likeness (QED) is 0.368. The SMILES string of the molecule is COC(=O)[C@@H]1C[C@@H](Oc2nc3ccccc3c3ccc(Br)cc23)CN1C(=O)OC(C)(C)C. The second-order valence-electron chi connectivity index (χ2n) is 8.77. The van der Waals surface area contributed by atoms with E-state index >= 15 is 0 Å². The number of methoxy groups -OCH3 is 1. The summed E-state index contributed by atoms with van der Waals surface area (Å²) in [5, 5.41) is 2.89. The smallest absolute Gasteiger partial charge is 0.411 e. The number of hydrogen-bond acceptors (Lipinski definition) is 6. The topological polar surface area (TPSA) is 78.0 Å². The predicted octanol–water partition coefficient (Wildman–Crippen LogP) is 5.08. The van der Waals surface area contributed by atoms with Gasteiger partial charge < -0.3 is 14.2 Å². The molecule has 8 heteroatoms. The Bertz CT molecular complexity index is 1190. The molecule has 168 valence electrons. The number of benzene rings is 2. The van der Waals surface area contributed by atoms with Crippen LogP contribution in [0.2, 0.25) is 0 Å². The van der Waals surface area contributed by atoms with Crippen LogP contribution in [-0.2, 0) is 14.3 Å². The first kappa shape index (κ1) is 22.3. The van der Waals surface area contributed by atoms with Gasteiger partial charge in [0, 0.05) is 21.7 Å². The number of hydrogen-bond donors (Lipinski definition) is 0. The van der Waals surface area contributed by atoms with Gasteiger partial charge in [-0.2, -0.15) is 0 Å². The molecule has 2 aromatic carbocycles. The molecule has 0 spiro atoms. The molecule has 0 N–H and O–H groups in total. The summed E-state index contributed by atoms with van der Waals surface area (Å²) in [5.74, 6) is -0.0410. The van der Waals surface area contributed by atoms with E-state index in [4.69, 9.17) is 19.2 Å². The Kier molecular flexibility index (Phi) is 5.99. The molecule has 0 saturated carbocycles. The van der Waals surface area contributed by atoms with Crippen molar-refractivity contribution >= 4 is 49.7 Å². The summed E-state index contributed by atoms with van der Waals surface area (Å²) >= 11 is 3.52. The Morgan fingerprint density at radius 1 is 1.09 bits per heavy atom. The Morgan fingerprint density at radius 2 is 1.84 bits per heavy atom. The summed E-state index contributed by atoms with van der Waals surface area (Å²) in [6.45, 7) is 5.54. The minimum Gasteiger partial charge on any atom is -0.472 e. The highest BCUT2D eigenvalue weighted by Crippen LogP contribution is 2.35. The van der Waals surface area contributed by atoms with Crippen LogP contribution in [0.4, 0.5) is 4.79 Å². The molecule has 1 aromatic heterocycles. The first-order valence-corrected chi connectivity index (χ1v) is 11.2. The van der Waals surface area contributed by atoms with E-state index in [-0.39, 0.29) is 13.0 Å². The first-order chi connectivity index (χ1) is 15.2. The van der Waals surface area contributed by atoms with Crippen LogP contribution in [0.3, 0.4) is 0 Å². The summed E-state index contributed by atoms with van der Waals surface area (Å²) in [4.78, 5) is 31.2. The molecule has 1 aliphatic rings. The molecule has 1 amide bonds. The number of aromatic nitrogens is 1. The molecule has 3 aromatic rings. The van der Waals surface area contributed by atoms with Crippen molar-refractivity contribution in [2.45, 2.75) is 44.9 Å². The lowest BCUT2D eigenvalue weighted by Crippen LogP contribution is -2.44. The molecule has 0 aliphatic carbocycles. The number of ether oxygens (including phenoxy) is 3. The van der Waals surface area contributed by atoms with Crippen molar-refractivity contribution in [2.24, 2.45) is 0 Å². The number of rotatable bonds is 3. The van der Waals surface area contributed by atoms with Gasteiger partial charge in [0.05, 0.1) is 19.2 Å². The minimum absolute atomic E-state index is 0.193. The highest BCUT2D eigenvalue weighted by atomic mass is 79.9. The van der Waals surface area contributed by atoms with Crippen LogP contribution in [0, 0.1) is 0 Å². The number of amides is 1. The van der Waals surface area contributed by atoms with E-state index in [1.165, 1.54) is 12.0 Å². The lowest BCUT2D eigenvalue weighted by Gasteiger charge is -2.27. The van der Waals surface area contributed by atoms with Crippen LogP contribution < -0.4 is 4.74 Å². The number of fused-ring (bicyclic) bond motifs is 3. The van der Waals surface area contributed by atoms with Gasteiger partial charge in [-0.1, -0.05) is 40.2 Å². The highest BCUT2D eigenvalue weighted by Gasteiger charge is 2.43. The second kappa shape index (κ2) is 8.58. The number of para-hydroxylation sites is 1. The molecule has 4 rings (SSSR count). The summed E-state index contributed by atoms with van der Waals surface area (Å²) < 4.78 is 17.6. The molecule has 2 heterocycles. The zero-order valence-corrected chi connectivity index (χ0v) is 20.0. The van der Waals surface area contributed by atoms with Gasteiger partial charge in [-0.05, 0) is 44.4 Å². The number of carbonyl (C=O) groups is 2. The molecular weight excluding hydrogens is 476 g/mol. The summed E-state index contributed by atoms with van der Waals surface area (Å²) in [6, 6.07) is 13.0. The van der Waals surface area contributed by atoms with Gasteiger partial charge in [0.15, 0.2) is 0 Å².